The smallest absolute Gasteiger partial charge is 0.129 e. The number of ether oxygens (including phenoxy) is 1. The second-order valence-electron chi connectivity index (χ2n) is 5.79. The van der Waals surface area contributed by atoms with Gasteiger partial charge in [0.15, 0.2) is 0 Å². The Balaban J connectivity index is 2.19. The molecule has 0 fully saturated rings. The Morgan fingerprint density at radius 3 is 2.00 bits per heavy atom. The van der Waals surface area contributed by atoms with Crippen molar-refractivity contribution in [3.63, 3.8) is 0 Å². The molecule has 0 saturated heterocycles. The Labute approximate surface area is 119 Å². The van der Waals surface area contributed by atoms with E-state index < -0.39 is 19.7 Å². The summed E-state index contributed by atoms with van der Waals surface area (Å²) in [5.74, 6) is -0.787. The number of benzene rings is 2. The van der Waals surface area contributed by atoms with Gasteiger partial charge in [0.1, 0.15) is 24.0 Å². The van der Waals surface area contributed by atoms with Gasteiger partial charge in [-0.25, -0.2) is 8.78 Å². The molecule has 2 aromatic carbocycles. The van der Waals surface area contributed by atoms with Crippen molar-refractivity contribution < 1.29 is 13.5 Å². The molecule has 0 atom stereocenters. The highest BCUT2D eigenvalue weighted by Gasteiger charge is 2.25. The van der Waals surface area contributed by atoms with Crippen molar-refractivity contribution >= 4 is 13.3 Å². The summed E-state index contributed by atoms with van der Waals surface area (Å²) in [4.78, 5) is 0. The van der Waals surface area contributed by atoms with E-state index in [9.17, 15) is 8.78 Å². The molecule has 0 aliphatic heterocycles. The van der Waals surface area contributed by atoms with E-state index in [0.29, 0.717) is 6.61 Å². The summed E-state index contributed by atoms with van der Waals surface area (Å²) in [7, 11) is -2.04. The largest absolute Gasteiger partial charge is 0.489 e. The monoisotopic (exact) mass is 292 g/mol. The van der Waals surface area contributed by atoms with Gasteiger partial charge in [0, 0.05) is 17.3 Å². The third-order valence-electron chi connectivity index (χ3n) is 3.01. The highest BCUT2D eigenvalue weighted by atomic mass is 28.3. The molecule has 0 heterocycles. The zero-order valence-electron chi connectivity index (χ0n) is 11.9. The van der Waals surface area contributed by atoms with Crippen LogP contribution >= 0.6 is 0 Å². The van der Waals surface area contributed by atoms with Crippen molar-refractivity contribution in [1.29, 1.82) is 0 Å². The van der Waals surface area contributed by atoms with Crippen molar-refractivity contribution in [2.24, 2.45) is 0 Å². The molecular weight excluding hydrogens is 274 g/mol. The van der Waals surface area contributed by atoms with E-state index in [0.717, 1.165) is 5.56 Å². The molecule has 0 radical (unpaired) electrons. The van der Waals surface area contributed by atoms with Crippen LogP contribution in [0.2, 0.25) is 19.6 Å². The zero-order valence-corrected chi connectivity index (χ0v) is 12.9. The zero-order chi connectivity index (χ0) is 14.8. The van der Waals surface area contributed by atoms with Gasteiger partial charge in [-0.05, 0) is 5.56 Å². The first-order chi connectivity index (χ1) is 9.38. The van der Waals surface area contributed by atoms with Crippen molar-refractivity contribution in [3.05, 3.63) is 59.7 Å². The normalized spacial score (nSPS) is 11.4. The van der Waals surface area contributed by atoms with Crippen LogP contribution in [0.3, 0.4) is 0 Å². The van der Waals surface area contributed by atoms with Gasteiger partial charge in [-0.15, -0.1) is 0 Å². The molecule has 0 aromatic heterocycles. The Kier molecular flexibility index (Phi) is 4.23. The van der Waals surface area contributed by atoms with Gasteiger partial charge in [-0.1, -0.05) is 50.0 Å². The summed E-state index contributed by atoms with van der Waals surface area (Å²) in [6.07, 6.45) is 0. The number of halogens is 2. The van der Waals surface area contributed by atoms with Crippen LogP contribution in [0.5, 0.6) is 5.75 Å². The van der Waals surface area contributed by atoms with Crippen LogP contribution in [0.1, 0.15) is 5.56 Å². The Morgan fingerprint density at radius 1 is 0.950 bits per heavy atom. The van der Waals surface area contributed by atoms with Crippen LogP contribution in [0.15, 0.2) is 42.5 Å². The van der Waals surface area contributed by atoms with Crippen LogP contribution in [0.25, 0.3) is 0 Å². The van der Waals surface area contributed by atoms with Crippen LogP contribution in [0, 0.1) is 11.6 Å². The topological polar surface area (TPSA) is 9.23 Å². The van der Waals surface area contributed by atoms with Gasteiger partial charge >= 0.3 is 0 Å². The molecule has 0 aliphatic carbocycles. The fourth-order valence-electron chi connectivity index (χ4n) is 2.09. The molecule has 0 aliphatic rings. The predicted molar refractivity (Wildman–Crippen MR) is 80.1 cm³/mol. The Bertz CT molecular complexity index is 568. The molecule has 0 N–H and O–H groups in total. The van der Waals surface area contributed by atoms with Crippen LogP contribution in [0.4, 0.5) is 8.78 Å². The third-order valence-corrected chi connectivity index (χ3v) is 4.99. The highest BCUT2D eigenvalue weighted by Crippen LogP contribution is 2.19. The average molecular weight is 292 g/mol. The first kappa shape index (κ1) is 14.7. The molecular formula is C16H18F2OSi. The third kappa shape index (κ3) is 3.45. The van der Waals surface area contributed by atoms with Crippen molar-refractivity contribution in [2.75, 3.05) is 0 Å². The highest BCUT2D eigenvalue weighted by molar-refractivity contribution is 6.88. The van der Waals surface area contributed by atoms with E-state index in [1.165, 1.54) is 12.1 Å². The maximum absolute atomic E-state index is 14.0. The summed E-state index contributed by atoms with van der Waals surface area (Å²) in [5.41, 5.74) is 0.961. The molecule has 2 rings (SSSR count). The standard InChI is InChI=1S/C16H18F2OSi/c1-20(2,3)16-14(17)9-13(10-15(16)18)19-11-12-7-5-4-6-8-12/h4-10H,11H2,1-3H3. The molecule has 0 bridgehead atoms. The van der Waals surface area contributed by atoms with Gasteiger partial charge in [0.05, 0.1) is 8.07 Å². The summed E-state index contributed by atoms with van der Waals surface area (Å²) in [5, 5.41) is 0.226. The van der Waals surface area contributed by atoms with Gasteiger partial charge in [-0.3, -0.25) is 0 Å². The van der Waals surface area contributed by atoms with Gasteiger partial charge in [0.25, 0.3) is 0 Å². The van der Waals surface area contributed by atoms with E-state index >= 15 is 0 Å². The van der Waals surface area contributed by atoms with E-state index in [1.807, 2.05) is 50.0 Å². The van der Waals surface area contributed by atoms with E-state index in [2.05, 4.69) is 0 Å². The second kappa shape index (κ2) is 5.75. The van der Waals surface area contributed by atoms with Crippen LogP contribution in [-0.2, 0) is 6.61 Å². The fourth-order valence-corrected chi connectivity index (χ4v) is 3.67. The summed E-state index contributed by atoms with van der Waals surface area (Å²) in [6, 6.07) is 12.1. The predicted octanol–water partition coefficient (Wildman–Crippen LogP) is 4.09. The fraction of sp³-hybridized carbons (Fsp3) is 0.250. The maximum Gasteiger partial charge on any atom is 0.129 e. The molecule has 0 amide bonds. The maximum atomic E-state index is 14.0. The number of hydrogen-bond acceptors (Lipinski definition) is 1. The Hall–Kier alpha value is -1.68. The summed E-state index contributed by atoms with van der Waals surface area (Å²) < 4.78 is 33.6. The second-order valence-corrected chi connectivity index (χ2v) is 10.8. The lowest BCUT2D eigenvalue weighted by Gasteiger charge is -2.19. The first-order valence-corrected chi connectivity index (χ1v) is 10.0. The van der Waals surface area contributed by atoms with Gasteiger partial charge < -0.3 is 4.74 Å². The minimum atomic E-state index is -2.04. The molecule has 0 unspecified atom stereocenters. The summed E-state index contributed by atoms with van der Waals surface area (Å²) >= 11 is 0. The van der Waals surface area contributed by atoms with Crippen LogP contribution < -0.4 is 9.92 Å². The van der Waals surface area contributed by atoms with Crippen molar-refractivity contribution in [1.82, 2.24) is 0 Å². The average Bonchev–Trinajstić information content (AvgIpc) is 2.35. The quantitative estimate of drug-likeness (QED) is 0.771. The van der Waals surface area contributed by atoms with Crippen LogP contribution in [-0.4, -0.2) is 8.07 Å². The summed E-state index contributed by atoms with van der Waals surface area (Å²) in [6.45, 7) is 6.04. The minimum absolute atomic E-state index is 0.226. The molecule has 0 spiro atoms. The molecule has 4 heteroatoms. The van der Waals surface area contributed by atoms with E-state index in [1.54, 1.807) is 0 Å². The lowest BCUT2D eigenvalue weighted by Crippen LogP contribution is -2.42. The lowest BCUT2D eigenvalue weighted by atomic mass is 10.2. The number of hydrogen-bond donors (Lipinski definition) is 0. The molecule has 20 heavy (non-hydrogen) atoms. The van der Waals surface area contributed by atoms with Gasteiger partial charge in [-0.2, -0.15) is 0 Å². The van der Waals surface area contributed by atoms with Gasteiger partial charge in [0.2, 0.25) is 0 Å². The molecule has 106 valence electrons. The molecule has 1 nitrogen and oxygen atoms in total. The first-order valence-electron chi connectivity index (χ1n) is 6.54. The van der Waals surface area contributed by atoms with E-state index in [-0.39, 0.29) is 10.9 Å². The Morgan fingerprint density at radius 2 is 1.50 bits per heavy atom. The van der Waals surface area contributed by atoms with E-state index in [4.69, 9.17) is 4.74 Å². The lowest BCUT2D eigenvalue weighted by molar-refractivity contribution is 0.303. The molecule has 0 saturated carbocycles. The molecule has 2 aromatic rings. The SMILES string of the molecule is C[Si](C)(C)c1c(F)cc(OCc2ccccc2)cc1F. The minimum Gasteiger partial charge on any atom is -0.489 e. The van der Waals surface area contributed by atoms with Crippen molar-refractivity contribution in [3.8, 4) is 5.75 Å². The number of rotatable bonds is 4. The van der Waals surface area contributed by atoms with Crippen molar-refractivity contribution in [2.45, 2.75) is 26.2 Å².